The zero-order valence-electron chi connectivity index (χ0n) is 23.4. The van der Waals surface area contributed by atoms with Gasteiger partial charge in [-0.2, -0.15) is 8.78 Å². The first kappa shape index (κ1) is 31.7. The molecule has 5 rings (SSSR count). The minimum Gasteiger partial charge on any atom is -0.459 e. The molecule has 0 aromatic carbocycles. The van der Waals surface area contributed by atoms with Crippen LogP contribution in [0.4, 0.5) is 8.78 Å². The standard InChI is InChI=1S/C30H22F2N4O10/c31-24-19(7-3-11-35-24)28(39)44-22-21(15-42-26(37)17-5-1-9-33-13-17)46-30(41,16-43-27(38)18-6-2-10-34-14-18)23(22)45-29(40)20-8-4-12-36-25(20)32/h1-14,21-23,41H,15-16H2/t21-,22-,23+,30-/m1/s1. The Kier molecular flexibility index (Phi) is 9.58. The molecule has 16 heteroatoms. The molecule has 0 saturated carbocycles. The zero-order chi connectivity index (χ0) is 32.7. The lowest BCUT2D eigenvalue weighted by atomic mass is 10.0. The average Bonchev–Trinajstić information content (AvgIpc) is 3.33. The van der Waals surface area contributed by atoms with Crippen molar-refractivity contribution in [3.05, 3.63) is 120 Å². The molecule has 0 spiro atoms. The number of hydrogen-bond acceptors (Lipinski definition) is 14. The normalized spacial score (nSPS) is 20.4. The first-order valence-corrected chi connectivity index (χ1v) is 13.3. The Hall–Kier alpha value is -5.74. The largest absolute Gasteiger partial charge is 0.459 e. The molecule has 1 saturated heterocycles. The summed E-state index contributed by atoms with van der Waals surface area (Å²) >= 11 is 0. The molecule has 5 heterocycles. The highest BCUT2D eigenvalue weighted by atomic mass is 19.1. The smallest absolute Gasteiger partial charge is 0.343 e. The summed E-state index contributed by atoms with van der Waals surface area (Å²) in [5, 5.41) is 11.6. The zero-order valence-corrected chi connectivity index (χ0v) is 23.4. The van der Waals surface area contributed by atoms with E-state index in [1.54, 1.807) is 0 Å². The Morgan fingerprint density at radius 3 is 1.78 bits per heavy atom. The molecular weight excluding hydrogens is 614 g/mol. The minimum absolute atomic E-state index is 0.0212. The summed E-state index contributed by atoms with van der Waals surface area (Å²) in [6.45, 7) is -1.79. The average molecular weight is 637 g/mol. The SMILES string of the molecule is O=C(OC[C@H]1O[C@](O)(COC(=O)c2cccnc2)[C@@H](OC(=O)c2cccnc2F)[C@@H]1OC(=O)c1cccnc1F)c1cccnc1. The molecular formula is C30H22F2N4O10. The molecule has 236 valence electrons. The summed E-state index contributed by atoms with van der Waals surface area (Å²) in [4.78, 5) is 65.9. The van der Waals surface area contributed by atoms with Crippen LogP contribution in [-0.2, 0) is 23.7 Å². The van der Waals surface area contributed by atoms with Crippen molar-refractivity contribution < 1.29 is 56.7 Å². The van der Waals surface area contributed by atoms with Crippen LogP contribution >= 0.6 is 0 Å². The molecule has 1 N–H and O–H groups in total. The third-order valence-electron chi connectivity index (χ3n) is 6.48. The molecule has 0 amide bonds. The number of halogens is 2. The van der Waals surface area contributed by atoms with Gasteiger partial charge in [-0.05, 0) is 48.5 Å². The predicted molar refractivity (Wildman–Crippen MR) is 146 cm³/mol. The fourth-order valence-electron chi connectivity index (χ4n) is 4.29. The Balaban J connectivity index is 1.48. The molecule has 46 heavy (non-hydrogen) atoms. The maximum atomic E-state index is 14.4. The van der Waals surface area contributed by atoms with Crippen LogP contribution < -0.4 is 0 Å². The van der Waals surface area contributed by atoms with Crippen LogP contribution in [-0.4, -0.2) is 86.2 Å². The molecule has 1 aliphatic rings. The Bertz CT molecular complexity index is 1730. The summed E-state index contributed by atoms with van der Waals surface area (Å²) in [6.07, 6.45) is 1.79. The van der Waals surface area contributed by atoms with E-state index >= 15 is 0 Å². The third kappa shape index (κ3) is 7.14. The molecule has 4 atom stereocenters. The fourth-order valence-corrected chi connectivity index (χ4v) is 4.29. The van der Waals surface area contributed by atoms with E-state index in [1.807, 2.05) is 0 Å². The summed E-state index contributed by atoms with van der Waals surface area (Å²) < 4.78 is 55.8. The van der Waals surface area contributed by atoms with Gasteiger partial charge in [0, 0.05) is 37.2 Å². The summed E-state index contributed by atoms with van der Waals surface area (Å²) in [5.74, 6) is -9.85. The first-order valence-electron chi connectivity index (χ1n) is 13.3. The van der Waals surface area contributed by atoms with Crippen molar-refractivity contribution in [2.75, 3.05) is 13.2 Å². The Morgan fingerprint density at radius 1 is 0.739 bits per heavy atom. The fraction of sp³-hybridized carbons (Fsp3) is 0.200. The minimum atomic E-state index is -2.80. The molecule has 0 radical (unpaired) electrons. The Morgan fingerprint density at radius 2 is 1.26 bits per heavy atom. The number of aromatic nitrogens is 4. The first-order chi connectivity index (χ1) is 22.2. The van der Waals surface area contributed by atoms with Gasteiger partial charge in [0.1, 0.15) is 30.4 Å². The van der Waals surface area contributed by atoms with Crippen molar-refractivity contribution in [1.82, 2.24) is 19.9 Å². The number of nitrogens with zero attached hydrogens (tertiary/aromatic N) is 4. The van der Waals surface area contributed by atoms with Crippen LogP contribution in [0, 0.1) is 11.9 Å². The van der Waals surface area contributed by atoms with E-state index in [4.69, 9.17) is 23.7 Å². The number of aliphatic hydroxyl groups is 1. The van der Waals surface area contributed by atoms with Gasteiger partial charge in [0.2, 0.25) is 17.7 Å². The second kappa shape index (κ2) is 13.9. The van der Waals surface area contributed by atoms with Crippen molar-refractivity contribution in [3.8, 4) is 0 Å². The number of pyridine rings is 4. The quantitative estimate of drug-likeness (QED) is 0.151. The van der Waals surface area contributed by atoms with Gasteiger partial charge in [-0.25, -0.2) is 29.1 Å². The summed E-state index contributed by atoms with van der Waals surface area (Å²) in [7, 11) is 0. The highest BCUT2D eigenvalue weighted by Gasteiger charge is 2.60. The topological polar surface area (TPSA) is 186 Å². The van der Waals surface area contributed by atoms with E-state index < -0.39 is 84.2 Å². The Labute approximate surface area is 257 Å². The summed E-state index contributed by atoms with van der Waals surface area (Å²) in [6, 6.07) is 10.2. The second-order valence-corrected chi connectivity index (χ2v) is 9.54. The summed E-state index contributed by atoms with van der Waals surface area (Å²) in [5.41, 5.74) is -1.31. The van der Waals surface area contributed by atoms with Gasteiger partial charge in [0.25, 0.3) is 0 Å². The van der Waals surface area contributed by atoms with Crippen molar-refractivity contribution in [2.24, 2.45) is 0 Å². The van der Waals surface area contributed by atoms with Gasteiger partial charge in [0.15, 0.2) is 12.2 Å². The van der Waals surface area contributed by atoms with Crippen LogP contribution in [0.1, 0.15) is 41.4 Å². The van der Waals surface area contributed by atoms with Gasteiger partial charge >= 0.3 is 23.9 Å². The van der Waals surface area contributed by atoms with Crippen LogP contribution in [0.5, 0.6) is 0 Å². The molecule has 14 nitrogen and oxygen atoms in total. The number of esters is 4. The third-order valence-corrected chi connectivity index (χ3v) is 6.48. The van der Waals surface area contributed by atoms with E-state index in [2.05, 4.69) is 19.9 Å². The van der Waals surface area contributed by atoms with Crippen LogP contribution in [0.3, 0.4) is 0 Å². The van der Waals surface area contributed by atoms with Crippen molar-refractivity contribution in [3.63, 3.8) is 0 Å². The lowest BCUT2D eigenvalue weighted by Gasteiger charge is -2.29. The van der Waals surface area contributed by atoms with Crippen molar-refractivity contribution >= 4 is 23.9 Å². The second-order valence-electron chi connectivity index (χ2n) is 9.54. The molecule has 0 unspecified atom stereocenters. The molecule has 4 aromatic heterocycles. The molecule has 4 aromatic rings. The van der Waals surface area contributed by atoms with Crippen LogP contribution in [0.25, 0.3) is 0 Å². The van der Waals surface area contributed by atoms with Crippen molar-refractivity contribution in [2.45, 2.75) is 24.1 Å². The molecule has 0 bridgehead atoms. The number of ether oxygens (including phenoxy) is 5. The highest BCUT2D eigenvalue weighted by molar-refractivity contribution is 5.91. The van der Waals surface area contributed by atoms with Crippen molar-refractivity contribution in [1.29, 1.82) is 0 Å². The molecule has 0 aliphatic carbocycles. The van der Waals surface area contributed by atoms with Gasteiger partial charge in [-0.1, -0.05) is 0 Å². The van der Waals surface area contributed by atoms with E-state index in [0.29, 0.717) is 0 Å². The van der Waals surface area contributed by atoms with Gasteiger partial charge in [0.05, 0.1) is 11.1 Å². The number of carbonyl (C=O) groups excluding carboxylic acids is 4. The van der Waals surface area contributed by atoms with Crippen LogP contribution in [0.15, 0.2) is 85.7 Å². The number of hydrogen-bond donors (Lipinski definition) is 1. The maximum absolute atomic E-state index is 14.4. The number of carbonyl (C=O) groups is 4. The van der Waals surface area contributed by atoms with E-state index in [1.165, 1.54) is 61.2 Å². The maximum Gasteiger partial charge on any atom is 0.343 e. The van der Waals surface area contributed by atoms with E-state index in [9.17, 15) is 33.1 Å². The van der Waals surface area contributed by atoms with E-state index in [-0.39, 0.29) is 11.1 Å². The number of rotatable bonds is 10. The molecule has 1 aliphatic heterocycles. The van der Waals surface area contributed by atoms with Gasteiger partial charge < -0.3 is 28.8 Å². The molecule has 1 fully saturated rings. The van der Waals surface area contributed by atoms with Crippen LogP contribution in [0.2, 0.25) is 0 Å². The van der Waals surface area contributed by atoms with E-state index in [0.717, 1.165) is 24.5 Å². The van der Waals surface area contributed by atoms with Gasteiger partial charge in [-0.15, -0.1) is 0 Å². The lowest BCUT2D eigenvalue weighted by Crippen LogP contribution is -2.51. The highest BCUT2D eigenvalue weighted by Crippen LogP contribution is 2.36. The monoisotopic (exact) mass is 636 g/mol. The predicted octanol–water partition coefficient (Wildman–Crippen LogP) is 2.10. The lowest BCUT2D eigenvalue weighted by molar-refractivity contribution is -0.247. The van der Waals surface area contributed by atoms with Gasteiger partial charge in [-0.3, -0.25) is 9.97 Å².